The summed E-state index contributed by atoms with van der Waals surface area (Å²) in [6.45, 7) is 2.29. The van der Waals surface area contributed by atoms with Crippen LogP contribution < -0.4 is 10.1 Å². The number of pyridine rings is 1. The number of nitrogens with zero attached hydrogens (tertiary/aromatic N) is 1. The number of amides is 1. The van der Waals surface area contributed by atoms with E-state index in [1.165, 1.54) is 18.5 Å². The third kappa shape index (κ3) is 4.10. The molecule has 0 aromatic carbocycles. The van der Waals surface area contributed by atoms with Crippen molar-refractivity contribution in [1.29, 1.82) is 0 Å². The van der Waals surface area contributed by atoms with Crippen LogP contribution >= 0.6 is 0 Å². The number of carboxylic acid groups (broad SMARTS) is 1. The summed E-state index contributed by atoms with van der Waals surface area (Å²) in [5.41, 5.74) is -0.0108. The van der Waals surface area contributed by atoms with E-state index >= 15 is 0 Å². The molecule has 1 amide bonds. The van der Waals surface area contributed by atoms with Gasteiger partial charge in [0.25, 0.3) is 5.91 Å². The summed E-state index contributed by atoms with van der Waals surface area (Å²) in [5.74, 6) is -1.31. The third-order valence-electron chi connectivity index (χ3n) is 1.95. The molecule has 0 saturated heterocycles. The van der Waals surface area contributed by atoms with Gasteiger partial charge in [0.2, 0.25) is 0 Å². The fraction of sp³-hybridized carbons (Fsp3) is 0.364. The van der Waals surface area contributed by atoms with Crippen LogP contribution in [0.15, 0.2) is 18.5 Å². The topological polar surface area (TPSA) is 88.5 Å². The molecule has 1 rings (SSSR count). The minimum absolute atomic E-state index is 0.0108. The van der Waals surface area contributed by atoms with E-state index < -0.39 is 5.97 Å². The Morgan fingerprint density at radius 3 is 2.94 bits per heavy atom. The lowest BCUT2D eigenvalue weighted by Crippen LogP contribution is -2.29. The highest BCUT2D eigenvalue weighted by atomic mass is 16.5. The number of hydrogen-bond acceptors (Lipinski definition) is 4. The normalized spacial score (nSPS) is 9.71. The Labute approximate surface area is 98.6 Å². The number of aromatic nitrogens is 1. The molecule has 0 atom stereocenters. The number of nitrogens with one attached hydrogen (secondary N) is 1. The molecule has 0 saturated carbocycles. The van der Waals surface area contributed by atoms with E-state index in [1.54, 1.807) is 0 Å². The fourth-order valence-electron chi connectivity index (χ4n) is 1.13. The molecule has 1 heterocycles. The van der Waals surface area contributed by atoms with Gasteiger partial charge in [0.15, 0.2) is 12.4 Å². The quantitative estimate of drug-likeness (QED) is 0.761. The molecule has 0 aliphatic carbocycles. The molecule has 0 aliphatic rings. The van der Waals surface area contributed by atoms with Gasteiger partial charge in [-0.05, 0) is 12.5 Å². The summed E-state index contributed by atoms with van der Waals surface area (Å²) < 4.78 is 5.10. The Morgan fingerprint density at radius 1 is 1.53 bits per heavy atom. The lowest BCUT2D eigenvalue weighted by molar-refractivity contribution is -0.123. The minimum Gasteiger partial charge on any atom is -0.481 e. The summed E-state index contributed by atoms with van der Waals surface area (Å²) in [4.78, 5) is 25.8. The Morgan fingerprint density at radius 2 is 2.29 bits per heavy atom. The van der Waals surface area contributed by atoms with Crippen LogP contribution in [0.3, 0.4) is 0 Å². The molecular weight excluding hydrogens is 224 g/mol. The Bertz CT molecular complexity index is 406. The average Bonchev–Trinajstić information content (AvgIpc) is 2.34. The largest absolute Gasteiger partial charge is 0.481 e. The van der Waals surface area contributed by atoms with Gasteiger partial charge in [-0.2, -0.15) is 0 Å². The van der Waals surface area contributed by atoms with Crippen molar-refractivity contribution in [1.82, 2.24) is 10.3 Å². The number of ether oxygens (including phenoxy) is 1. The first-order valence-electron chi connectivity index (χ1n) is 5.22. The molecule has 0 aliphatic heterocycles. The van der Waals surface area contributed by atoms with Gasteiger partial charge in [0.1, 0.15) is 5.56 Å². The highest BCUT2D eigenvalue weighted by molar-refractivity contribution is 5.90. The second kappa shape index (κ2) is 6.47. The van der Waals surface area contributed by atoms with Crippen LogP contribution in [0.25, 0.3) is 0 Å². The molecule has 17 heavy (non-hydrogen) atoms. The van der Waals surface area contributed by atoms with Crippen LogP contribution in [0.4, 0.5) is 0 Å². The first-order chi connectivity index (χ1) is 8.15. The van der Waals surface area contributed by atoms with Crippen molar-refractivity contribution >= 4 is 11.9 Å². The molecule has 0 bridgehead atoms. The van der Waals surface area contributed by atoms with E-state index in [9.17, 15) is 9.59 Å². The van der Waals surface area contributed by atoms with Gasteiger partial charge in [-0.3, -0.25) is 9.78 Å². The highest BCUT2D eigenvalue weighted by Gasteiger charge is 2.11. The predicted octanol–water partition coefficient (Wildman–Crippen LogP) is 0.685. The van der Waals surface area contributed by atoms with Gasteiger partial charge in [-0.25, -0.2) is 4.79 Å². The van der Waals surface area contributed by atoms with Crippen LogP contribution in [0.5, 0.6) is 5.75 Å². The monoisotopic (exact) mass is 238 g/mol. The number of hydrogen-bond donors (Lipinski definition) is 2. The van der Waals surface area contributed by atoms with Gasteiger partial charge in [0, 0.05) is 12.7 Å². The highest BCUT2D eigenvalue weighted by Crippen LogP contribution is 2.15. The van der Waals surface area contributed by atoms with Crippen molar-refractivity contribution in [3.05, 3.63) is 24.0 Å². The lowest BCUT2D eigenvalue weighted by atomic mass is 10.2. The second-order valence-electron chi connectivity index (χ2n) is 3.32. The zero-order valence-electron chi connectivity index (χ0n) is 9.47. The van der Waals surface area contributed by atoms with Gasteiger partial charge < -0.3 is 15.2 Å². The number of aromatic carboxylic acids is 1. The average molecular weight is 238 g/mol. The zero-order chi connectivity index (χ0) is 12.7. The van der Waals surface area contributed by atoms with E-state index in [1.807, 2.05) is 6.92 Å². The molecule has 6 heteroatoms. The molecule has 1 aromatic heterocycles. The van der Waals surface area contributed by atoms with E-state index in [0.29, 0.717) is 6.54 Å². The minimum atomic E-state index is -1.11. The smallest absolute Gasteiger partial charge is 0.339 e. The van der Waals surface area contributed by atoms with Crippen molar-refractivity contribution in [2.24, 2.45) is 0 Å². The molecular formula is C11H14N2O4. The van der Waals surface area contributed by atoms with Crippen LogP contribution in [0.1, 0.15) is 23.7 Å². The third-order valence-corrected chi connectivity index (χ3v) is 1.95. The van der Waals surface area contributed by atoms with Gasteiger partial charge in [0.05, 0.1) is 6.20 Å². The first-order valence-corrected chi connectivity index (χ1v) is 5.22. The maximum Gasteiger partial charge on any atom is 0.339 e. The first kappa shape index (κ1) is 13.0. The number of rotatable bonds is 6. The Hall–Kier alpha value is -2.11. The van der Waals surface area contributed by atoms with Gasteiger partial charge in [-0.15, -0.1) is 0 Å². The van der Waals surface area contributed by atoms with E-state index in [4.69, 9.17) is 9.84 Å². The summed E-state index contributed by atoms with van der Waals surface area (Å²) in [6, 6.07) is 1.32. The molecule has 0 spiro atoms. The molecule has 0 radical (unpaired) electrons. The van der Waals surface area contributed by atoms with Crippen molar-refractivity contribution < 1.29 is 19.4 Å². The Kier molecular flexibility index (Phi) is 4.93. The van der Waals surface area contributed by atoms with Crippen LogP contribution in [0.2, 0.25) is 0 Å². The van der Waals surface area contributed by atoms with E-state index in [2.05, 4.69) is 10.3 Å². The number of carbonyl (C=O) groups is 2. The van der Waals surface area contributed by atoms with Crippen molar-refractivity contribution in [2.75, 3.05) is 13.2 Å². The number of carboxylic acids is 1. The molecule has 0 fully saturated rings. The van der Waals surface area contributed by atoms with Gasteiger partial charge in [-0.1, -0.05) is 6.92 Å². The summed E-state index contributed by atoms with van der Waals surface area (Å²) >= 11 is 0. The predicted molar refractivity (Wildman–Crippen MR) is 60.0 cm³/mol. The molecule has 0 unspecified atom stereocenters. The summed E-state index contributed by atoms with van der Waals surface area (Å²) in [7, 11) is 0. The van der Waals surface area contributed by atoms with Crippen LogP contribution in [-0.2, 0) is 4.79 Å². The molecule has 1 aromatic rings. The van der Waals surface area contributed by atoms with Crippen LogP contribution in [0, 0.1) is 0 Å². The van der Waals surface area contributed by atoms with Crippen LogP contribution in [-0.4, -0.2) is 35.1 Å². The second-order valence-corrected chi connectivity index (χ2v) is 3.32. The standard InChI is InChI=1S/C11H14N2O4/c1-2-4-13-10(14)7-17-9-6-12-5-3-8(9)11(15)16/h3,5-6H,2,4,7H2,1H3,(H,13,14)(H,15,16). The maximum atomic E-state index is 11.3. The maximum absolute atomic E-state index is 11.3. The summed E-state index contributed by atoms with van der Waals surface area (Å²) in [5, 5.41) is 11.5. The number of carbonyl (C=O) groups excluding carboxylic acids is 1. The molecule has 6 nitrogen and oxygen atoms in total. The molecule has 2 N–H and O–H groups in total. The molecule has 92 valence electrons. The SMILES string of the molecule is CCCNC(=O)COc1cnccc1C(=O)O. The van der Waals surface area contributed by atoms with Gasteiger partial charge >= 0.3 is 5.97 Å². The van der Waals surface area contributed by atoms with Crippen molar-refractivity contribution in [3.8, 4) is 5.75 Å². The van der Waals surface area contributed by atoms with Crippen molar-refractivity contribution in [3.63, 3.8) is 0 Å². The van der Waals surface area contributed by atoms with Crippen molar-refractivity contribution in [2.45, 2.75) is 13.3 Å². The fourth-order valence-corrected chi connectivity index (χ4v) is 1.13. The van der Waals surface area contributed by atoms with E-state index in [-0.39, 0.29) is 23.8 Å². The Balaban J connectivity index is 2.57. The zero-order valence-corrected chi connectivity index (χ0v) is 9.47. The van der Waals surface area contributed by atoms with E-state index in [0.717, 1.165) is 6.42 Å². The summed E-state index contributed by atoms with van der Waals surface area (Å²) in [6.07, 6.45) is 3.46. The lowest BCUT2D eigenvalue weighted by Gasteiger charge is -2.08.